The molecule has 3 nitrogen and oxygen atoms in total. The van der Waals surface area contributed by atoms with Gasteiger partial charge in [0, 0.05) is 34.1 Å². The number of nitrogens with zero attached hydrogens (tertiary/aromatic N) is 2. The monoisotopic (exact) mass is 397 g/mol. The first-order valence-corrected chi connectivity index (χ1v) is 9.96. The van der Waals surface area contributed by atoms with Crippen LogP contribution < -0.4 is 4.57 Å². The van der Waals surface area contributed by atoms with Crippen molar-refractivity contribution in [3.63, 3.8) is 0 Å². The SMILES string of the molecule is [2H]C([2H])([2H])C([2H])(C)c1ccc(-c2ccc(-c3c(C)ccc4c3oc3ncccc34)[n+](C)c2)cc1. The molecule has 0 amide bonds. The lowest BCUT2D eigenvalue weighted by Crippen LogP contribution is -2.31. The maximum Gasteiger partial charge on any atom is 0.227 e. The van der Waals surface area contributed by atoms with Crippen molar-refractivity contribution in [1.29, 1.82) is 0 Å². The quantitative estimate of drug-likeness (QED) is 0.322. The average molecular weight is 398 g/mol. The van der Waals surface area contributed by atoms with Gasteiger partial charge in [0.1, 0.15) is 7.05 Å². The lowest BCUT2D eigenvalue weighted by atomic mass is 9.98. The summed E-state index contributed by atoms with van der Waals surface area (Å²) in [6.45, 7) is 1.11. The minimum absolute atomic E-state index is 0.470. The highest BCUT2D eigenvalue weighted by atomic mass is 16.3. The smallest absolute Gasteiger partial charge is 0.227 e. The number of furan rings is 1. The Labute approximate surface area is 182 Å². The van der Waals surface area contributed by atoms with Gasteiger partial charge in [-0.2, -0.15) is 0 Å². The second-order valence-corrected chi connectivity index (χ2v) is 7.71. The van der Waals surface area contributed by atoms with Crippen molar-refractivity contribution in [2.45, 2.75) is 26.6 Å². The third kappa shape index (κ3) is 2.98. The Morgan fingerprint density at radius 2 is 1.80 bits per heavy atom. The zero-order chi connectivity index (χ0) is 24.3. The molecule has 2 aromatic carbocycles. The van der Waals surface area contributed by atoms with Crippen LogP contribution in [0.15, 0.2) is 77.5 Å². The number of hydrogen-bond acceptors (Lipinski definition) is 2. The Balaban J connectivity index is 1.57. The van der Waals surface area contributed by atoms with Crippen molar-refractivity contribution in [1.82, 2.24) is 4.98 Å². The van der Waals surface area contributed by atoms with Crippen molar-refractivity contribution in [2.24, 2.45) is 7.05 Å². The van der Waals surface area contributed by atoms with Crippen LogP contribution in [0.2, 0.25) is 0 Å². The van der Waals surface area contributed by atoms with Crippen LogP contribution in [0.25, 0.3) is 44.5 Å². The van der Waals surface area contributed by atoms with E-state index >= 15 is 0 Å². The second kappa shape index (κ2) is 7.10. The van der Waals surface area contributed by atoms with Gasteiger partial charge >= 0.3 is 0 Å². The number of rotatable bonds is 3. The molecule has 0 saturated carbocycles. The lowest BCUT2D eigenvalue weighted by molar-refractivity contribution is -0.659. The van der Waals surface area contributed by atoms with Crippen LogP contribution in [0.1, 0.15) is 36.3 Å². The molecule has 0 aliphatic heterocycles. The van der Waals surface area contributed by atoms with Crippen LogP contribution in [0, 0.1) is 6.92 Å². The molecule has 1 atom stereocenters. The molecule has 3 aromatic heterocycles. The van der Waals surface area contributed by atoms with Crippen molar-refractivity contribution in [3.05, 3.63) is 84.2 Å². The van der Waals surface area contributed by atoms with Crippen molar-refractivity contribution >= 4 is 22.1 Å². The molecule has 1 unspecified atom stereocenters. The Morgan fingerprint density at radius 3 is 2.57 bits per heavy atom. The Hall–Kier alpha value is -3.46. The van der Waals surface area contributed by atoms with Crippen LogP contribution in [0.3, 0.4) is 0 Å². The van der Waals surface area contributed by atoms with Gasteiger partial charge in [-0.25, -0.2) is 9.55 Å². The van der Waals surface area contributed by atoms with Crippen LogP contribution in [-0.4, -0.2) is 4.98 Å². The number of benzene rings is 2. The molecule has 0 radical (unpaired) electrons. The van der Waals surface area contributed by atoms with Crippen molar-refractivity contribution < 1.29 is 14.5 Å². The summed E-state index contributed by atoms with van der Waals surface area (Å²) in [5.41, 5.74) is 7.02. The van der Waals surface area contributed by atoms with E-state index in [9.17, 15) is 0 Å². The highest BCUT2D eigenvalue weighted by Crippen LogP contribution is 2.36. The van der Waals surface area contributed by atoms with Crippen LogP contribution in [0.4, 0.5) is 0 Å². The average Bonchev–Trinajstić information content (AvgIpc) is 3.17. The summed E-state index contributed by atoms with van der Waals surface area (Å²) >= 11 is 0. The summed E-state index contributed by atoms with van der Waals surface area (Å²) in [5, 5.41) is 2.03. The van der Waals surface area contributed by atoms with E-state index in [0.717, 1.165) is 44.3 Å². The Bertz CT molecular complexity index is 1530. The maximum atomic E-state index is 8.30. The zero-order valence-corrected chi connectivity index (χ0v) is 17.2. The first-order chi connectivity index (χ1) is 16.1. The van der Waals surface area contributed by atoms with E-state index in [-0.39, 0.29) is 0 Å². The molecule has 30 heavy (non-hydrogen) atoms. The van der Waals surface area contributed by atoms with E-state index in [4.69, 9.17) is 9.90 Å². The number of fused-ring (bicyclic) bond motifs is 3. The standard InChI is InChI=1S/C27H25N2O/c1-17(2)19-8-10-20(11-9-19)21-12-14-24(29(4)16-21)25-18(3)7-13-22-23-6-5-15-28-27(23)30-26(22)25/h5-17H,1-4H3/q+1/i1D3,17D. The van der Waals surface area contributed by atoms with Crippen molar-refractivity contribution in [2.75, 3.05) is 0 Å². The zero-order valence-electron chi connectivity index (χ0n) is 21.2. The fourth-order valence-corrected chi connectivity index (χ4v) is 4.04. The van der Waals surface area contributed by atoms with Gasteiger partial charge in [-0.3, -0.25) is 0 Å². The topological polar surface area (TPSA) is 29.9 Å². The van der Waals surface area contributed by atoms with Crippen LogP contribution in [0.5, 0.6) is 0 Å². The minimum atomic E-state index is -2.40. The first-order valence-electron chi connectivity index (χ1n) is 12.0. The molecule has 5 rings (SSSR count). The molecule has 0 spiro atoms. The van der Waals surface area contributed by atoms with Gasteiger partial charge < -0.3 is 4.42 Å². The fraction of sp³-hybridized carbons (Fsp3) is 0.185. The molecule has 5 aromatic rings. The van der Waals surface area contributed by atoms with Crippen molar-refractivity contribution in [3.8, 4) is 22.4 Å². The molecule has 0 aliphatic rings. The Kier molecular flexibility index (Phi) is 3.43. The van der Waals surface area contributed by atoms with E-state index in [0.29, 0.717) is 11.3 Å². The van der Waals surface area contributed by atoms with Gasteiger partial charge in [-0.1, -0.05) is 50.2 Å². The number of aryl methyl sites for hydroxylation is 2. The predicted molar refractivity (Wildman–Crippen MR) is 122 cm³/mol. The molecule has 0 N–H and O–H groups in total. The van der Waals surface area contributed by atoms with Gasteiger partial charge in [0.2, 0.25) is 11.4 Å². The van der Waals surface area contributed by atoms with Gasteiger partial charge in [0.15, 0.2) is 11.8 Å². The fourth-order valence-electron chi connectivity index (χ4n) is 4.04. The molecule has 0 aliphatic carbocycles. The van der Waals surface area contributed by atoms with Gasteiger partial charge in [-0.15, -0.1) is 0 Å². The second-order valence-electron chi connectivity index (χ2n) is 7.71. The van der Waals surface area contributed by atoms with E-state index < -0.39 is 12.7 Å². The maximum absolute atomic E-state index is 8.30. The van der Waals surface area contributed by atoms with Gasteiger partial charge in [-0.05, 0) is 47.7 Å². The number of hydrogen-bond donors (Lipinski definition) is 0. The molecule has 3 heterocycles. The normalized spacial score (nSPS) is 16.0. The highest BCUT2D eigenvalue weighted by Gasteiger charge is 2.21. The molecule has 0 bridgehead atoms. The molecule has 0 saturated heterocycles. The van der Waals surface area contributed by atoms with E-state index in [2.05, 4.69) is 34.7 Å². The summed E-state index contributed by atoms with van der Waals surface area (Å²) in [4.78, 5) is 4.38. The number of aromatic nitrogens is 2. The first kappa shape index (κ1) is 14.5. The summed E-state index contributed by atoms with van der Waals surface area (Å²) < 4.78 is 39.5. The summed E-state index contributed by atoms with van der Waals surface area (Å²) in [6.07, 6.45) is 3.78. The minimum Gasteiger partial charge on any atom is -0.437 e. The molecular weight excluding hydrogens is 368 g/mol. The molecule has 0 fully saturated rings. The molecule has 3 heteroatoms. The lowest BCUT2D eigenvalue weighted by Gasteiger charge is -2.09. The third-order valence-electron chi connectivity index (χ3n) is 5.67. The summed E-state index contributed by atoms with van der Waals surface area (Å²) in [6, 6.07) is 19.5. The van der Waals surface area contributed by atoms with E-state index in [1.165, 1.54) is 6.92 Å². The largest absolute Gasteiger partial charge is 0.437 e. The predicted octanol–water partition coefficient (Wildman–Crippen LogP) is 6.57. The van der Waals surface area contributed by atoms with E-state index in [1.807, 2.05) is 43.6 Å². The summed E-state index contributed by atoms with van der Waals surface area (Å²) in [7, 11) is 2.00. The third-order valence-corrected chi connectivity index (χ3v) is 5.67. The molecule has 148 valence electrons. The van der Waals surface area contributed by atoms with Gasteiger partial charge in [0.05, 0.1) is 5.56 Å². The highest BCUT2D eigenvalue weighted by molar-refractivity contribution is 6.08. The molecular formula is C27H25N2O+. The van der Waals surface area contributed by atoms with Crippen LogP contribution in [-0.2, 0) is 7.05 Å². The van der Waals surface area contributed by atoms with Gasteiger partial charge in [0.25, 0.3) is 0 Å². The van der Waals surface area contributed by atoms with Crippen LogP contribution >= 0.6 is 0 Å². The number of pyridine rings is 2. The van der Waals surface area contributed by atoms with E-state index in [1.54, 1.807) is 18.3 Å². The Morgan fingerprint density at radius 1 is 1.00 bits per heavy atom. The summed E-state index contributed by atoms with van der Waals surface area (Å²) in [5.74, 6) is -1.66.